The maximum absolute atomic E-state index is 12.9. The Morgan fingerprint density at radius 3 is 1.78 bits per heavy atom. The summed E-state index contributed by atoms with van der Waals surface area (Å²) < 4.78 is 95.5. The number of carbonyl (C=O) groups excluding carboxylic acids is 2. The topological polar surface area (TPSA) is 52.6 Å². The van der Waals surface area contributed by atoms with E-state index in [9.17, 15) is 40.3 Å². The van der Waals surface area contributed by atoms with E-state index < -0.39 is 43.0 Å². The molecule has 11 heteroatoms. The van der Waals surface area contributed by atoms with Crippen molar-refractivity contribution in [1.29, 1.82) is 0 Å². The maximum Gasteiger partial charge on any atom is 0.460 e. The van der Waals surface area contributed by atoms with E-state index >= 15 is 0 Å². The molecule has 0 aromatic carbocycles. The average molecular weight is 412 g/mol. The Labute approximate surface area is 152 Å². The molecule has 0 radical (unpaired) electrons. The number of halogens is 7. The van der Waals surface area contributed by atoms with E-state index in [1.165, 1.54) is 0 Å². The first-order valence-corrected chi connectivity index (χ1v) is 8.48. The second kappa shape index (κ2) is 11.3. The number of rotatable bonds is 13. The molecular weight excluding hydrogens is 389 g/mol. The largest absolute Gasteiger partial charge is 0.466 e. The summed E-state index contributed by atoms with van der Waals surface area (Å²) in [7, 11) is 0. The molecule has 0 saturated heterocycles. The Bertz CT molecular complexity index is 464. The van der Waals surface area contributed by atoms with Crippen molar-refractivity contribution in [3.63, 3.8) is 0 Å². The van der Waals surface area contributed by atoms with Crippen LogP contribution in [0.4, 0.5) is 30.7 Å². The molecule has 0 bridgehead atoms. The van der Waals surface area contributed by atoms with Gasteiger partial charge >= 0.3 is 30.0 Å². The van der Waals surface area contributed by atoms with Gasteiger partial charge in [-0.25, -0.2) is 0 Å². The van der Waals surface area contributed by atoms with Gasteiger partial charge in [0.2, 0.25) is 0 Å². The minimum Gasteiger partial charge on any atom is -0.466 e. The summed E-state index contributed by atoms with van der Waals surface area (Å²) in [5.74, 6) is -14.0. The minimum absolute atomic E-state index is 0.172. The van der Waals surface area contributed by atoms with Gasteiger partial charge in [-0.2, -0.15) is 30.7 Å². The molecule has 0 spiro atoms. The van der Waals surface area contributed by atoms with Gasteiger partial charge in [-0.05, 0) is 12.8 Å². The molecule has 0 aromatic rings. The fourth-order valence-corrected chi connectivity index (χ4v) is 1.88. The molecule has 27 heavy (non-hydrogen) atoms. The van der Waals surface area contributed by atoms with Crippen LogP contribution in [0.1, 0.15) is 58.3 Å². The number of ether oxygens (including phenoxy) is 2. The molecule has 0 fully saturated rings. The normalized spacial score (nSPS) is 12.7. The second-order valence-electron chi connectivity index (χ2n) is 5.93. The number of esters is 2. The van der Waals surface area contributed by atoms with Crippen LogP contribution in [0.3, 0.4) is 0 Å². The van der Waals surface area contributed by atoms with Crippen LogP contribution >= 0.6 is 0 Å². The highest BCUT2D eigenvalue weighted by atomic mass is 19.4. The highest BCUT2D eigenvalue weighted by Gasteiger charge is 2.73. The molecule has 160 valence electrons. The fraction of sp³-hybridized carbons (Fsp3) is 0.875. The third kappa shape index (κ3) is 9.28. The Morgan fingerprint density at radius 2 is 1.26 bits per heavy atom. The lowest BCUT2D eigenvalue weighted by atomic mass is 10.1. The molecule has 0 atom stereocenters. The van der Waals surface area contributed by atoms with Crippen molar-refractivity contribution >= 4 is 11.9 Å². The van der Waals surface area contributed by atoms with Crippen LogP contribution in [0.2, 0.25) is 0 Å². The van der Waals surface area contributed by atoms with E-state index in [-0.39, 0.29) is 19.4 Å². The van der Waals surface area contributed by atoms with Crippen molar-refractivity contribution in [2.75, 3.05) is 13.2 Å². The molecule has 0 rings (SSSR count). The lowest BCUT2D eigenvalue weighted by Crippen LogP contribution is -2.54. The van der Waals surface area contributed by atoms with Crippen molar-refractivity contribution in [3.05, 3.63) is 0 Å². The van der Waals surface area contributed by atoms with Gasteiger partial charge in [0.05, 0.1) is 6.61 Å². The Hall–Kier alpha value is -1.55. The SMILES string of the molecule is CCCCCCCOC(=O)CCCC(=O)OCC(F)(F)C(F)(F)C(F)(F)F. The minimum atomic E-state index is -6.48. The monoisotopic (exact) mass is 412 g/mol. The van der Waals surface area contributed by atoms with Gasteiger partial charge in [-0.1, -0.05) is 32.6 Å². The van der Waals surface area contributed by atoms with E-state index in [0.717, 1.165) is 25.7 Å². The predicted molar refractivity (Wildman–Crippen MR) is 80.5 cm³/mol. The van der Waals surface area contributed by atoms with Crippen LogP contribution in [-0.4, -0.2) is 43.2 Å². The Morgan fingerprint density at radius 1 is 0.741 bits per heavy atom. The summed E-state index contributed by atoms with van der Waals surface area (Å²) >= 11 is 0. The highest BCUT2D eigenvalue weighted by Crippen LogP contribution is 2.46. The smallest absolute Gasteiger partial charge is 0.460 e. The summed E-state index contributed by atoms with van der Waals surface area (Å²) in [5, 5.41) is 0. The lowest BCUT2D eigenvalue weighted by molar-refractivity contribution is -0.359. The summed E-state index contributed by atoms with van der Waals surface area (Å²) in [5.41, 5.74) is 0. The van der Waals surface area contributed by atoms with Gasteiger partial charge in [0.15, 0.2) is 6.61 Å². The average Bonchev–Trinajstić information content (AvgIpc) is 2.55. The third-order valence-corrected chi connectivity index (χ3v) is 3.50. The van der Waals surface area contributed by atoms with Crippen LogP contribution in [0.15, 0.2) is 0 Å². The zero-order valence-corrected chi connectivity index (χ0v) is 14.8. The molecular formula is C16H23F7O4. The zero-order valence-electron chi connectivity index (χ0n) is 14.8. The molecule has 0 aliphatic heterocycles. The van der Waals surface area contributed by atoms with E-state index in [0.29, 0.717) is 6.42 Å². The number of unbranched alkanes of at least 4 members (excludes halogenated alkanes) is 4. The highest BCUT2D eigenvalue weighted by molar-refractivity contribution is 5.72. The molecule has 0 saturated carbocycles. The van der Waals surface area contributed by atoms with Gasteiger partial charge in [0.1, 0.15) is 0 Å². The van der Waals surface area contributed by atoms with Crippen molar-refractivity contribution in [3.8, 4) is 0 Å². The van der Waals surface area contributed by atoms with Gasteiger partial charge < -0.3 is 9.47 Å². The zero-order chi connectivity index (χ0) is 21.1. The number of carbonyl (C=O) groups is 2. The Balaban J connectivity index is 4.02. The predicted octanol–water partition coefficient (Wildman–Crippen LogP) is 5.05. The summed E-state index contributed by atoms with van der Waals surface area (Å²) in [6.45, 7) is -0.166. The first kappa shape index (κ1) is 25.4. The second-order valence-corrected chi connectivity index (χ2v) is 5.93. The molecule has 0 unspecified atom stereocenters. The van der Waals surface area contributed by atoms with Crippen molar-refractivity contribution in [2.24, 2.45) is 0 Å². The number of alkyl halides is 7. The molecule has 0 heterocycles. The first-order chi connectivity index (χ1) is 12.3. The van der Waals surface area contributed by atoms with Crippen LogP contribution in [0.5, 0.6) is 0 Å². The summed E-state index contributed by atoms with van der Waals surface area (Å²) in [6, 6.07) is 0. The number of hydrogen-bond donors (Lipinski definition) is 0. The van der Waals surface area contributed by atoms with Crippen LogP contribution in [-0.2, 0) is 19.1 Å². The van der Waals surface area contributed by atoms with Crippen molar-refractivity contribution in [2.45, 2.75) is 76.3 Å². The van der Waals surface area contributed by atoms with Crippen molar-refractivity contribution < 1.29 is 49.8 Å². The van der Waals surface area contributed by atoms with Gasteiger partial charge in [0, 0.05) is 12.8 Å². The van der Waals surface area contributed by atoms with Gasteiger partial charge in [-0.15, -0.1) is 0 Å². The van der Waals surface area contributed by atoms with Crippen LogP contribution in [0, 0.1) is 0 Å². The maximum atomic E-state index is 12.9. The standard InChI is InChI=1S/C16H23F7O4/c1-2-3-4-5-6-10-26-12(24)8-7-9-13(25)27-11-14(17,18)15(19,20)16(21,22)23/h2-11H2,1H3. The van der Waals surface area contributed by atoms with Gasteiger partial charge in [-0.3, -0.25) is 9.59 Å². The molecule has 0 amide bonds. The Kier molecular flexibility index (Phi) is 10.7. The first-order valence-electron chi connectivity index (χ1n) is 8.48. The van der Waals surface area contributed by atoms with E-state index in [4.69, 9.17) is 4.74 Å². The molecule has 0 aromatic heterocycles. The number of hydrogen-bond acceptors (Lipinski definition) is 4. The third-order valence-electron chi connectivity index (χ3n) is 3.50. The van der Waals surface area contributed by atoms with Crippen molar-refractivity contribution in [1.82, 2.24) is 0 Å². The quantitative estimate of drug-likeness (QED) is 0.241. The summed E-state index contributed by atoms with van der Waals surface area (Å²) in [6.07, 6.45) is -2.77. The van der Waals surface area contributed by atoms with E-state index in [1.54, 1.807) is 0 Å². The van der Waals surface area contributed by atoms with Gasteiger partial charge in [0.25, 0.3) is 0 Å². The van der Waals surface area contributed by atoms with Crippen LogP contribution < -0.4 is 0 Å². The van der Waals surface area contributed by atoms with E-state index in [2.05, 4.69) is 4.74 Å². The molecule has 0 aliphatic carbocycles. The molecule has 4 nitrogen and oxygen atoms in total. The van der Waals surface area contributed by atoms with Crippen LogP contribution in [0.25, 0.3) is 0 Å². The lowest BCUT2D eigenvalue weighted by Gasteiger charge is -2.27. The molecule has 0 aliphatic rings. The van der Waals surface area contributed by atoms with E-state index in [1.807, 2.05) is 6.92 Å². The molecule has 0 N–H and O–H groups in total. The summed E-state index contributed by atoms with van der Waals surface area (Å²) in [4.78, 5) is 22.5. The fourth-order valence-electron chi connectivity index (χ4n) is 1.88.